The van der Waals surface area contributed by atoms with Crippen LogP contribution < -0.4 is 0 Å². The molecule has 0 fully saturated rings. The molecule has 4 heteroatoms. The summed E-state index contributed by atoms with van der Waals surface area (Å²) in [5.74, 6) is 0.375. The van der Waals surface area contributed by atoms with E-state index in [2.05, 4.69) is 24.3 Å². The molecule has 0 aliphatic heterocycles. The molecule has 0 amide bonds. The predicted octanol–water partition coefficient (Wildman–Crippen LogP) is 1.99. The molecule has 0 aromatic heterocycles. The van der Waals surface area contributed by atoms with Crippen LogP contribution in [0.1, 0.15) is 19.8 Å². The first-order valence-electron chi connectivity index (χ1n) is 3.39. The van der Waals surface area contributed by atoms with E-state index in [1.807, 2.05) is 6.92 Å². The molecule has 0 saturated heterocycles. The molecule has 62 valence electrons. The van der Waals surface area contributed by atoms with Crippen LogP contribution in [0.2, 0.25) is 0 Å². The highest BCUT2D eigenvalue weighted by molar-refractivity contribution is 7.96. The summed E-state index contributed by atoms with van der Waals surface area (Å²) >= 11 is 3.84. The van der Waals surface area contributed by atoms with Crippen LogP contribution in [0.4, 0.5) is 0 Å². The highest BCUT2D eigenvalue weighted by atomic mass is 32.1. The number of hydrogen-bond donors (Lipinski definition) is 3. The van der Waals surface area contributed by atoms with E-state index >= 15 is 0 Å². The lowest BCUT2D eigenvalue weighted by atomic mass is 10.1. The molecule has 0 aromatic carbocycles. The third kappa shape index (κ3) is 4.72. The van der Waals surface area contributed by atoms with E-state index in [1.165, 1.54) is 0 Å². The molecule has 0 saturated carbocycles. The number of hydrogen-bond acceptors (Lipinski definition) is 2. The van der Waals surface area contributed by atoms with E-state index in [9.17, 15) is 0 Å². The first-order chi connectivity index (χ1) is 5.07. The maximum atomic E-state index is 7.26. The summed E-state index contributed by atoms with van der Waals surface area (Å²) in [6.45, 7) is 5.16. The van der Waals surface area contributed by atoms with Gasteiger partial charge in [-0.05, 0) is 19.6 Å². The van der Waals surface area contributed by atoms with Gasteiger partial charge in [-0.1, -0.05) is 6.92 Å². The van der Waals surface area contributed by atoms with Gasteiger partial charge in [0, 0.05) is 5.92 Å². The minimum Gasteiger partial charge on any atom is -0.299 e. The van der Waals surface area contributed by atoms with Crippen molar-refractivity contribution in [2.75, 3.05) is 0 Å². The second kappa shape index (κ2) is 5.07. The third-order valence-electron chi connectivity index (χ3n) is 1.45. The summed E-state index contributed by atoms with van der Waals surface area (Å²) in [6, 6.07) is 0. The van der Waals surface area contributed by atoms with Gasteiger partial charge in [0.2, 0.25) is 0 Å². The maximum Gasteiger partial charge on any atom is 0.122 e. The molecular weight excluding hydrogens is 158 g/mol. The Morgan fingerprint density at radius 1 is 1.64 bits per heavy atom. The zero-order valence-electron chi connectivity index (χ0n) is 6.59. The number of aliphatic imine (C=N–C) groups is 1. The highest BCUT2D eigenvalue weighted by Gasteiger charge is 2.06. The van der Waals surface area contributed by atoms with E-state index in [4.69, 9.17) is 10.8 Å². The number of nitrogens with one attached hydrogen (secondary N) is 2. The summed E-state index contributed by atoms with van der Waals surface area (Å²) in [6.07, 6.45) is 1.36. The summed E-state index contributed by atoms with van der Waals surface area (Å²) in [4.78, 5) is 3.50. The van der Waals surface area contributed by atoms with E-state index in [1.54, 1.807) is 0 Å². The fourth-order valence-corrected chi connectivity index (χ4v) is 0.775. The minimum absolute atomic E-state index is 0.0833. The monoisotopic (exact) mass is 171 g/mol. The van der Waals surface area contributed by atoms with Crippen LogP contribution in [0.25, 0.3) is 0 Å². The number of thiol groups is 1. The Hall–Kier alpha value is -0.640. The lowest BCUT2D eigenvalue weighted by molar-refractivity contribution is 0.700. The molecule has 0 rings (SSSR count). The van der Waals surface area contributed by atoms with Crippen LogP contribution >= 0.6 is 12.6 Å². The van der Waals surface area contributed by atoms with E-state index < -0.39 is 0 Å². The number of nitrogens with zero attached hydrogens (tertiary/aromatic N) is 1. The van der Waals surface area contributed by atoms with Gasteiger partial charge >= 0.3 is 0 Å². The van der Waals surface area contributed by atoms with Crippen molar-refractivity contribution < 1.29 is 0 Å². The van der Waals surface area contributed by atoms with Crippen molar-refractivity contribution in [1.82, 2.24) is 0 Å². The molecule has 0 aliphatic carbocycles. The zero-order chi connectivity index (χ0) is 8.85. The van der Waals surface area contributed by atoms with Crippen molar-refractivity contribution in [2.45, 2.75) is 19.8 Å². The number of amidine groups is 1. The topological polar surface area (TPSA) is 60.1 Å². The summed E-state index contributed by atoms with van der Waals surface area (Å²) in [5.41, 5.74) is 0. The van der Waals surface area contributed by atoms with Gasteiger partial charge in [-0.15, -0.1) is 12.6 Å². The van der Waals surface area contributed by atoms with E-state index in [-0.39, 0.29) is 5.92 Å². The summed E-state index contributed by atoms with van der Waals surface area (Å²) in [5, 5.41) is 14.7. The normalized spacial score (nSPS) is 12.2. The van der Waals surface area contributed by atoms with Crippen molar-refractivity contribution in [2.24, 2.45) is 10.9 Å². The minimum atomic E-state index is 0.0833. The molecule has 2 N–H and O–H groups in total. The van der Waals surface area contributed by atoms with Crippen LogP contribution in [0.5, 0.6) is 0 Å². The SMILES string of the molecule is C=NC(=N)C(C)CCC(=N)S. The molecule has 0 heterocycles. The Morgan fingerprint density at radius 2 is 2.18 bits per heavy atom. The molecule has 11 heavy (non-hydrogen) atoms. The molecule has 0 aromatic rings. The maximum absolute atomic E-state index is 7.26. The van der Waals surface area contributed by atoms with Crippen molar-refractivity contribution >= 4 is 30.2 Å². The van der Waals surface area contributed by atoms with Gasteiger partial charge in [-0.2, -0.15) is 0 Å². The molecule has 0 bridgehead atoms. The molecule has 1 atom stereocenters. The Balaban J connectivity index is 3.68. The first kappa shape index (κ1) is 10.4. The Labute approximate surface area is 72.3 Å². The predicted molar refractivity (Wildman–Crippen MR) is 52.4 cm³/mol. The fraction of sp³-hybridized carbons (Fsp3) is 0.571. The van der Waals surface area contributed by atoms with Gasteiger partial charge in [0.15, 0.2) is 0 Å². The van der Waals surface area contributed by atoms with E-state index in [0.717, 1.165) is 6.42 Å². The average molecular weight is 171 g/mol. The molecule has 0 radical (unpaired) electrons. The standard InChI is InChI=1S/C7H13N3S/c1-5(7(9)10-2)3-4-6(8)11/h5,9H,2-4H2,1H3,(H2,8,11). The largest absolute Gasteiger partial charge is 0.299 e. The van der Waals surface area contributed by atoms with Gasteiger partial charge in [0.25, 0.3) is 0 Å². The number of rotatable bonds is 4. The van der Waals surface area contributed by atoms with Gasteiger partial charge in [0.1, 0.15) is 5.84 Å². The van der Waals surface area contributed by atoms with Gasteiger partial charge in [-0.3, -0.25) is 10.8 Å². The van der Waals surface area contributed by atoms with Crippen molar-refractivity contribution in [1.29, 1.82) is 10.8 Å². The Bertz CT molecular complexity index is 177. The van der Waals surface area contributed by atoms with Gasteiger partial charge in [-0.25, -0.2) is 4.99 Å². The molecule has 3 nitrogen and oxygen atoms in total. The second-order valence-electron chi connectivity index (χ2n) is 2.43. The lowest BCUT2D eigenvalue weighted by Crippen LogP contribution is -2.07. The molecule has 0 aliphatic rings. The van der Waals surface area contributed by atoms with Crippen molar-refractivity contribution in [3.8, 4) is 0 Å². The summed E-state index contributed by atoms with van der Waals surface area (Å²) < 4.78 is 0. The van der Waals surface area contributed by atoms with Crippen LogP contribution in [-0.4, -0.2) is 17.6 Å². The third-order valence-corrected chi connectivity index (χ3v) is 1.67. The van der Waals surface area contributed by atoms with Crippen molar-refractivity contribution in [3.05, 3.63) is 0 Å². The van der Waals surface area contributed by atoms with Gasteiger partial charge in [0.05, 0.1) is 5.04 Å². The van der Waals surface area contributed by atoms with E-state index in [0.29, 0.717) is 17.3 Å². The quantitative estimate of drug-likeness (QED) is 0.329. The van der Waals surface area contributed by atoms with Gasteiger partial charge < -0.3 is 0 Å². The van der Waals surface area contributed by atoms with Crippen LogP contribution in [0.3, 0.4) is 0 Å². The zero-order valence-corrected chi connectivity index (χ0v) is 7.49. The molecule has 1 unspecified atom stereocenters. The lowest BCUT2D eigenvalue weighted by Gasteiger charge is -2.06. The fourth-order valence-electron chi connectivity index (χ4n) is 0.646. The Kier molecular flexibility index (Phi) is 4.77. The van der Waals surface area contributed by atoms with Crippen LogP contribution in [-0.2, 0) is 0 Å². The Morgan fingerprint density at radius 3 is 2.55 bits per heavy atom. The second-order valence-corrected chi connectivity index (χ2v) is 2.97. The summed E-state index contributed by atoms with van der Waals surface area (Å²) in [7, 11) is 0. The first-order valence-corrected chi connectivity index (χ1v) is 3.84. The molecular formula is C7H13N3S. The highest BCUT2D eigenvalue weighted by Crippen LogP contribution is 2.08. The molecule has 0 spiro atoms. The van der Waals surface area contributed by atoms with Crippen molar-refractivity contribution in [3.63, 3.8) is 0 Å². The van der Waals surface area contributed by atoms with Crippen LogP contribution in [0, 0.1) is 16.7 Å². The smallest absolute Gasteiger partial charge is 0.122 e. The average Bonchev–Trinajstić information content (AvgIpc) is 1.98. The van der Waals surface area contributed by atoms with Crippen LogP contribution in [0.15, 0.2) is 4.99 Å².